The van der Waals surface area contributed by atoms with Crippen molar-refractivity contribution >= 4 is 12.0 Å². The smallest absolute Gasteiger partial charge is 0.251 e. The highest BCUT2D eigenvalue weighted by Gasteiger charge is 2.19. The van der Waals surface area contributed by atoms with Crippen molar-refractivity contribution in [3.05, 3.63) is 71.6 Å². The van der Waals surface area contributed by atoms with Crippen LogP contribution in [0.5, 0.6) is 5.75 Å². The Balaban J connectivity index is 1.46. The summed E-state index contributed by atoms with van der Waals surface area (Å²) < 4.78 is 18.3. The molecule has 4 nitrogen and oxygen atoms in total. The summed E-state index contributed by atoms with van der Waals surface area (Å²) in [5.41, 5.74) is 1.57. The van der Waals surface area contributed by atoms with Gasteiger partial charge in [0.05, 0.1) is 7.11 Å². The molecule has 1 N–H and O–H groups in total. The zero-order valence-corrected chi connectivity index (χ0v) is 16.2. The van der Waals surface area contributed by atoms with Gasteiger partial charge in [-0.15, -0.1) is 0 Å². The van der Waals surface area contributed by atoms with Crippen LogP contribution in [0.2, 0.25) is 0 Å². The van der Waals surface area contributed by atoms with Gasteiger partial charge in [-0.3, -0.25) is 9.69 Å². The van der Waals surface area contributed by atoms with E-state index in [1.54, 1.807) is 7.11 Å². The first-order valence-electron chi connectivity index (χ1n) is 9.71. The Morgan fingerprint density at radius 3 is 2.82 bits per heavy atom. The van der Waals surface area contributed by atoms with Crippen molar-refractivity contribution in [2.24, 2.45) is 5.92 Å². The van der Waals surface area contributed by atoms with Crippen LogP contribution in [0.3, 0.4) is 0 Å². The first-order valence-corrected chi connectivity index (χ1v) is 9.71. The molecule has 0 bridgehead atoms. The van der Waals surface area contributed by atoms with Crippen LogP contribution in [-0.4, -0.2) is 44.1 Å². The molecule has 1 fully saturated rings. The normalized spacial score (nSPS) is 17.6. The van der Waals surface area contributed by atoms with Gasteiger partial charge >= 0.3 is 0 Å². The highest BCUT2D eigenvalue weighted by molar-refractivity contribution is 5.94. The number of halogens is 1. The molecule has 0 aromatic heterocycles. The minimum Gasteiger partial charge on any atom is -0.496 e. The molecule has 0 spiro atoms. The van der Waals surface area contributed by atoms with E-state index in [0.29, 0.717) is 18.0 Å². The Kier molecular flexibility index (Phi) is 7.20. The number of rotatable bonds is 7. The van der Waals surface area contributed by atoms with Crippen LogP contribution in [0.1, 0.15) is 28.8 Å². The lowest BCUT2D eigenvalue weighted by atomic mass is 9.98. The standard InChI is InChI=1S/C23H27FN2O2/c1-28-22-9-3-2-7-19(22)8-5-15-26-14-4-6-18(17-26)16-25-23(27)20-10-12-21(24)13-11-20/h2-3,5,7-13,18H,4,6,14-17H2,1H3,(H,25,27)/b8-5+. The fourth-order valence-electron chi connectivity index (χ4n) is 3.56. The molecule has 0 radical (unpaired) electrons. The van der Waals surface area contributed by atoms with Crippen LogP contribution in [-0.2, 0) is 0 Å². The predicted octanol–water partition coefficient (Wildman–Crippen LogP) is 3.99. The third-order valence-electron chi connectivity index (χ3n) is 5.06. The van der Waals surface area contributed by atoms with Crippen molar-refractivity contribution < 1.29 is 13.9 Å². The van der Waals surface area contributed by atoms with Crippen molar-refractivity contribution in [2.75, 3.05) is 33.3 Å². The van der Waals surface area contributed by atoms with Gasteiger partial charge in [-0.2, -0.15) is 0 Å². The molecule has 2 aromatic rings. The van der Waals surface area contributed by atoms with Gasteiger partial charge in [-0.25, -0.2) is 4.39 Å². The lowest BCUT2D eigenvalue weighted by molar-refractivity contribution is 0.0934. The van der Waals surface area contributed by atoms with Gasteiger partial charge in [0, 0.05) is 30.8 Å². The second-order valence-corrected chi connectivity index (χ2v) is 7.13. The van der Waals surface area contributed by atoms with Crippen LogP contribution < -0.4 is 10.1 Å². The third kappa shape index (κ3) is 5.67. The number of piperidine rings is 1. The summed E-state index contributed by atoms with van der Waals surface area (Å²) in [5, 5.41) is 2.98. The Morgan fingerprint density at radius 1 is 1.25 bits per heavy atom. The highest BCUT2D eigenvalue weighted by Crippen LogP contribution is 2.19. The third-order valence-corrected chi connectivity index (χ3v) is 5.06. The molecule has 3 rings (SSSR count). The number of ether oxygens (including phenoxy) is 1. The molecule has 1 aliphatic heterocycles. The van der Waals surface area contributed by atoms with E-state index in [1.807, 2.05) is 24.3 Å². The molecule has 0 saturated carbocycles. The van der Waals surface area contributed by atoms with Crippen LogP contribution in [0.4, 0.5) is 4.39 Å². The van der Waals surface area contributed by atoms with E-state index < -0.39 is 0 Å². The Labute approximate surface area is 166 Å². The first kappa shape index (κ1) is 20.1. The Morgan fingerprint density at radius 2 is 2.04 bits per heavy atom. The van der Waals surface area contributed by atoms with E-state index >= 15 is 0 Å². The summed E-state index contributed by atoms with van der Waals surface area (Å²) in [5.74, 6) is 0.824. The second kappa shape index (κ2) is 10.0. The lowest BCUT2D eigenvalue weighted by Gasteiger charge is -2.32. The van der Waals surface area contributed by atoms with Crippen LogP contribution >= 0.6 is 0 Å². The molecule has 1 aliphatic rings. The second-order valence-electron chi connectivity index (χ2n) is 7.13. The molecule has 0 aliphatic carbocycles. The fourth-order valence-corrected chi connectivity index (χ4v) is 3.56. The summed E-state index contributed by atoms with van der Waals surface area (Å²) >= 11 is 0. The van der Waals surface area contributed by atoms with E-state index in [-0.39, 0.29) is 11.7 Å². The monoisotopic (exact) mass is 382 g/mol. The van der Waals surface area contributed by atoms with Gasteiger partial charge < -0.3 is 10.1 Å². The number of nitrogens with zero attached hydrogens (tertiary/aromatic N) is 1. The molecule has 1 unspecified atom stereocenters. The Hall–Kier alpha value is -2.66. The zero-order valence-electron chi connectivity index (χ0n) is 16.2. The van der Waals surface area contributed by atoms with Crippen LogP contribution in [0.15, 0.2) is 54.6 Å². The molecule has 1 heterocycles. The molecule has 5 heteroatoms. The number of amides is 1. The van der Waals surface area contributed by atoms with Crippen LogP contribution in [0.25, 0.3) is 6.08 Å². The van der Waals surface area contributed by atoms with E-state index in [9.17, 15) is 9.18 Å². The van der Waals surface area contributed by atoms with Gasteiger partial charge in [-0.05, 0) is 55.6 Å². The Bertz CT molecular complexity index is 805. The van der Waals surface area contributed by atoms with Crippen molar-refractivity contribution in [1.29, 1.82) is 0 Å². The number of nitrogens with one attached hydrogen (secondary N) is 1. The average Bonchev–Trinajstić information content (AvgIpc) is 2.73. The van der Waals surface area contributed by atoms with Crippen molar-refractivity contribution in [1.82, 2.24) is 10.2 Å². The van der Waals surface area contributed by atoms with E-state index in [4.69, 9.17) is 4.74 Å². The topological polar surface area (TPSA) is 41.6 Å². The summed E-state index contributed by atoms with van der Waals surface area (Å²) in [6.07, 6.45) is 6.49. The summed E-state index contributed by atoms with van der Waals surface area (Å²) in [6, 6.07) is 13.6. The van der Waals surface area contributed by atoms with Gasteiger partial charge in [0.1, 0.15) is 11.6 Å². The predicted molar refractivity (Wildman–Crippen MR) is 110 cm³/mol. The minimum atomic E-state index is -0.333. The quantitative estimate of drug-likeness (QED) is 0.787. The fraction of sp³-hybridized carbons (Fsp3) is 0.348. The molecule has 2 aromatic carbocycles. The van der Waals surface area contributed by atoms with Gasteiger partial charge in [-0.1, -0.05) is 30.4 Å². The maximum Gasteiger partial charge on any atom is 0.251 e. The zero-order chi connectivity index (χ0) is 19.8. The number of carbonyl (C=O) groups is 1. The molecule has 148 valence electrons. The van der Waals surface area contributed by atoms with E-state index in [0.717, 1.165) is 43.8 Å². The maximum absolute atomic E-state index is 13.0. The molecular formula is C23H27FN2O2. The summed E-state index contributed by atoms with van der Waals surface area (Å²) in [4.78, 5) is 14.6. The van der Waals surface area contributed by atoms with Crippen molar-refractivity contribution in [3.8, 4) is 5.75 Å². The van der Waals surface area contributed by atoms with Crippen molar-refractivity contribution in [2.45, 2.75) is 12.8 Å². The van der Waals surface area contributed by atoms with Crippen molar-refractivity contribution in [3.63, 3.8) is 0 Å². The van der Waals surface area contributed by atoms with Crippen LogP contribution in [0, 0.1) is 11.7 Å². The molecule has 1 atom stereocenters. The summed E-state index contributed by atoms with van der Waals surface area (Å²) in [7, 11) is 1.68. The molecular weight excluding hydrogens is 355 g/mol. The molecule has 1 saturated heterocycles. The number of hydrogen-bond donors (Lipinski definition) is 1. The largest absolute Gasteiger partial charge is 0.496 e. The number of likely N-dealkylation sites (tertiary alicyclic amines) is 1. The molecule has 28 heavy (non-hydrogen) atoms. The van der Waals surface area contributed by atoms with E-state index in [2.05, 4.69) is 22.4 Å². The van der Waals surface area contributed by atoms with Gasteiger partial charge in [0.2, 0.25) is 0 Å². The highest BCUT2D eigenvalue weighted by atomic mass is 19.1. The maximum atomic E-state index is 13.0. The van der Waals surface area contributed by atoms with Gasteiger partial charge in [0.15, 0.2) is 0 Å². The number of benzene rings is 2. The number of hydrogen-bond acceptors (Lipinski definition) is 3. The lowest BCUT2D eigenvalue weighted by Crippen LogP contribution is -2.40. The van der Waals surface area contributed by atoms with E-state index in [1.165, 1.54) is 24.3 Å². The summed E-state index contributed by atoms with van der Waals surface area (Å²) in [6.45, 7) is 3.54. The first-order chi connectivity index (χ1) is 13.7. The minimum absolute atomic E-state index is 0.145. The average molecular weight is 382 g/mol. The number of methoxy groups -OCH3 is 1. The SMILES string of the molecule is COc1ccccc1/C=C/CN1CCCC(CNC(=O)c2ccc(F)cc2)C1. The number of carbonyl (C=O) groups excluding carboxylic acids is 1. The number of para-hydroxylation sites is 1. The van der Waals surface area contributed by atoms with Gasteiger partial charge in [0.25, 0.3) is 5.91 Å². The molecule has 1 amide bonds.